The van der Waals surface area contributed by atoms with E-state index in [1.165, 1.54) is 0 Å². The van der Waals surface area contributed by atoms with E-state index in [-0.39, 0.29) is 12.5 Å². The number of hydrogen-bond donors (Lipinski definition) is 3. The minimum Gasteiger partial charge on any atom is -0.330 e. The van der Waals surface area contributed by atoms with Crippen molar-refractivity contribution in [1.82, 2.24) is 19.9 Å². The molecule has 1 amide bonds. The summed E-state index contributed by atoms with van der Waals surface area (Å²) in [4.78, 5) is 21.0. The van der Waals surface area contributed by atoms with Gasteiger partial charge in [-0.05, 0) is 19.0 Å². The first kappa shape index (κ1) is 21.7. The van der Waals surface area contributed by atoms with E-state index in [4.69, 9.17) is 4.55 Å². The first-order valence-electron chi connectivity index (χ1n) is 8.70. The van der Waals surface area contributed by atoms with Crippen molar-refractivity contribution in [2.24, 2.45) is 5.92 Å². The normalized spacial score (nSPS) is 11.5. The summed E-state index contributed by atoms with van der Waals surface area (Å²) in [6.07, 6.45) is 2.54. The monoisotopic (exact) mass is 407 g/mol. The molecule has 0 unspecified atom stereocenters. The first-order chi connectivity index (χ1) is 13.1. The number of rotatable bonds is 5. The average Bonchev–Trinajstić information content (AvgIpc) is 2.97. The summed E-state index contributed by atoms with van der Waals surface area (Å²) >= 11 is 0. The molecular weight excluding hydrogens is 382 g/mol. The Hall–Kier alpha value is -2.56. The molecule has 0 saturated carbocycles. The molecule has 0 bridgehead atoms. The predicted octanol–water partition coefficient (Wildman–Crippen LogP) is 1.90. The van der Waals surface area contributed by atoms with Crippen LogP contribution in [-0.2, 0) is 21.5 Å². The lowest BCUT2D eigenvalue weighted by molar-refractivity contribution is -0.115. The number of imidazole rings is 1. The minimum absolute atomic E-state index is 0.130. The second-order valence-corrected chi connectivity index (χ2v) is 8.24. The maximum absolute atomic E-state index is 11.9. The standard InChI is InChI=1S/C17H21N5O.CH4O3S/c1-11(2)9-22-10-19-15-16(22)12-6-4-5-7-13(12)20-17(15)21-14(23)8-18-3;1-5(2,3)4/h4-7,10-11,18H,8-9H2,1-3H3,(H,20,21,23);1H3,(H,2,3,4). The van der Waals surface area contributed by atoms with E-state index in [1.807, 2.05) is 30.6 Å². The van der Waals surface area contributed by atoms with E-state index >= 15 is 0 Å². The van der Waals surface area contributed by atoms with E-state index < -0.39 is 10.1 Å². The molecule has 152 valence electrons. The number of likely N-dealkylation sites (N-methyl/N-ethyl adjacent to an activating group) is 1. The summed E-state index contributed by atoms with van der Waals surface area (Å²) in [5.74, 6) is 0.887. The minimum atomic E-state index is -3.67. The van der Waals surface area contributed by atoms with Gasteiger partial charge in [0.1, 0.15) is 5.52 Å². The molecule has 28 heavy (non-hydrogen) atoms. The third-order valence-electron chi connectivity index (χ3n) is 3.61. The zero-order valence-electron chi connectivity index (χ0n) is 16.3. The molecule has 0 saturated heterocycles. The highest BCUT2D eigenvalue weighted by molar-refractivity contribution is 7.85. The number of amides is 1. The average molecular weight is 407 g/mol. The van der Waals surface area contributed by atoms with Crippen molar-refractivity contribution in [3.63, 3.8) is 0 Å². The van der Waals surface area contributed by atoms with E-state index in [0.717, 1.165) is 28.5 Å². The largest absolute Gasteiger partial charge is 0.330 e. The molecule has 0 fully saturated rings. The molecule has 0 aliphatic carbocycles. The van der Waals surface area contributed by atoms with E-state index in [0.29, 0.717) is 18.0 Å². The van der Waals surface area contributed by atoms with Crippen molar-refractivity contribution in [1.29, 1.82) is 0 Å². The summed E-state index contributed by atoms with van der Waals surface area (Å²) in [6.45, 7) is 5.45. The molecule has 0 radical (unpaired) electrons. The predicted molar refractivity (Wildman–Crippen MR) is 110 cm³/mol. The Bertz CT molecular complexity index is 1070. The molecule has 1 aromatic carbocycles. The molecule has 0 atom stereocenters. The highest BCUT2D eigenvalue weighted by Gasteiger charge is 2.15. The maximum Gasteiger partial charge on any atom is 0.261 e. The van der Waals surface area contributed by atoms with Crippen LogP contribution in [0.5, 0.6) is 0 Å². The van der Waals surface area contributed by atoms with Gasteiger partial charge in [-0.25, -0.2) is 9.97 Å². The summed E-state index contributed by atoms with van der Waals surface area (Å²) in [6, 6.07) is 7.94. The van der Waals surface area contributed by atoms with Gasteiger partial charge in [-0.3, -0.25) is 9.35 Å². The second-order valence-electron chi connectivity index (χ2n) is 6.78. The van der Waals surface area contributed by atoms with Gasteiger partial charge in [0, 0.05) is 11.9 Å². The van der Waals surface area contributed by atoms with Crippen LogP contribution in [0.4, 0.5) is 5.82 Å². The Labute approximate surface area is 163 Å². The first-order valence-corrected chi connectivity index (χ1v) is 10.6. The molecule has 2 heterocycles. The Morgan fingerprint density at radius 1 is 1.29 bits per heavy atom. The Kier molecular flexibility index (Phi) is 7.05. The number of anilines is 1. The molecule has 0 aliphatic rings. The number of nitrogens with zero attached hydrogens (tertiary/aromatic N) is 3. The maximum atomic E-state index is 11.9. The zero-order valence-corrected chi connectivity index (χ0v) is 17.1. The molecular formula is C18H25N5O4S. The molecule has 3 rings (SSSR count). The Balaban J connectivity index is 0.000000500. The summed E-state index contributed by atoms with van der Waals surface area (Å²) in [5.41, 5.74) is 2.60. The molecule has 10 heteroatoms. The fourth-order valence-electron chi connectivity index (χ4n) is 2.74. The number of aromatic nitrogens is 3. The van der Waals surface area contributed by atoms with Crippen LogP contribution < -0.4 is 10.6 Å². The Morgan fingerprint density at radius 2 is 1.93 bits per heavy atom. The lowest BCUT2D eigenvalue weighted by atomic mass is 10.1. The fraction of sp³-hybridized carbons (Fsp3) is 0.389. The van der Waals surface area contributed by atoms with Crippen molar-refractivity contribution >= 4 is 43.8 Å². The molecule has 2 aromatic heterocycles. The van der Waals surface area contributed by atoms with Crippen molar-refractivity contribution in [2.45, 2.75) is 20.4 Å². The van der Waals surface area contributed by atoms with Gasteiger partial charge in [-0.2, -0.15) is 8.42 Å². The summed E-state index contributed by atoms with van der Waals surface area (Å²) in [7, 11) is -1.93. The number of pyridine rings is 1. The molecule has 3 N–H and O–H groups in total. The highest BCUT2D eigenvalue weighted by Crippen LogP contribution is 2.29. The topological polar surface area (TPSA) is 126 Å². The number of carbonyl (C=O) groups excluding carboxylic acids is 1. The van der Waals surface area contributed by atoms with Crippen molar-refractivity contribution in [3.05, 3.63) is 30.6 Å². The molecule has 9 nitrogen and oxygen atoms in total. The molecule has 0 aliphatic heterocycles. The van der Waals surface area contributed by atoms with Gasteiger partial charge in [0.05, 0.1) is 30.2 Å². The summed E-state index contributed by atoms with van der Waals surface area (Å²) in [5, 5.41) is 6.74. The lowest BCUT2D eigenvalue weighted by Gasteiger charge is -2.11. The van der Waals surface area contributed by atoms with Gasteiger partial charge in [0.2, 0.25) is 5.91 Å². The van der Waals surface area contributed by atoms with Crippen LogP contribution in [0, 0.1) is 5.92 Å². The lowest BCUT2D eigenvalue weighted by Crippen LogP contribution is -2.25. The van der Waals surface area contributed by atoms with Crippen LogP contribution in [0.25, 0.3) is 21.9 Å². The third kappa shape index (κ3) is 5.98. The van der Waals surface area contributed by atoms with E-state index in [2.05, 4.69) is 39.0 Å². The van der Waals surface area contributed by atoms with Gasteiger partial charge in [-0.1, -0.05) is 32.0 Å². The molecule has 0 spiro atoms. The smallest absolute Gasteiger partial charge is 0.261 e. The van der Waals surface area contributed by atoms with Gasteiger partial charge in [0.25, 0.3) is 10.1 Å². The Morgan fingerprint density at radius 3 is 2.54 bits per heavy atom. The third-order valence-corrected chi connectivity index (χ3v) is 3.61. The van der Waals surface area contributed by atoms with Crippen molar-refractivity contribution in [2.75, 3.05) is 25.2 Å². The van der Waals surface area contributed by atoms with Crippen LogP contribution >= 0.6 is 0 Å². The van der Waals surface area contributed by atoms with E-state index in [1.54, 1.807) is 7.05 Å². The van der Waals surface area contributed by atoms with Crippen LogP contribution in [0.15, 0.2) is 30.6 Å². The van der Waals surface area contributed by atoms with Gasteiger partial charge >= 0.3 is 0 Å². The van der Waals surface area contributed by atoms with Crippen molar-refractivity contribution in [3.8, 4) is 0 Å². The van der Waals surface area contributed by atoms with Gasteiger partial charge < -0.3 is 15.2 Å². The number of fused-ring (bicyclic) bond motifs is 3. The fourth-order valence-corrected chi connectivity index (χ4v) is 2.74. The molecule has 3 aromatic rings. The number of para-hydroxylation sites is 1. The quantitative estimate of drug-likeness (QED) is 0.551. The number of hydrogen-bond acceptors (Lipinski definition) is 6. The zero-order chi connectivity index (χ0) is 20.9. The second kappa shape index (κ2) is 9.09. The highest BCUT2D eigenvalue weighted by atomic mass is 32.2. The number of carbonyl (C=O) groups is 1. The number of nitrogens with one attached hydrogen (secondary N) is 2. The van der Waals surface area contributed by atoms with E-state index in [9.17, 15) is 13.2 Å². The van der Waals surface area contributed by atoms with Gasteiger partial charge in [0.15, 0.2) is 5.82 Å². The SMILES string of the molecule is CNCC(=O)Nc1nc2ccccc2c2c1ncn2CC(C)C.CS(=O)(=O)O. The summed E-state index contributed by atoms with van der Waals surface area (Å²) < 4.78 is 28.0. The van der Waals surface area contributed by atoms with Crippen LogP contribution in [0.2, 0.25) is 0 Å². The van der Waals surface area contributed by atoms with Crippen molar-refractivity contribution < 1.29 is 17.8 Å². The van der Waals surface area contributed by atoms with Crippen LogP contribution in [-0.4, -0.2) is 53.3 Å². The van der Waals surface area contributed by atoms with Crippen LogP contribution in [0.1, 0.15) is 13.8 Å². The van der Waals surface area contributed by atoms with Crippen LogP contribution in [0.3, 0.4) is 0 Å². The van der Waals surface area contributed by atoms with Gasteiger partial charge in [-0.15, -0.1) is 0 Å². The number of benzene rings is 1.